The highest BCUT2D eigenvalue weighted by molar-refractivity contribution is 6.36. The summed E-state index contributed by atoms with van der Waals surface area (Å²) in [6.45, 7) is 4.47. The normalized spacial score (nSPS) is 10.9. The van der Waals surface area contributed by atoms with Crippen molar-refractivity contribution in [3.63, 3.8) is 0 Å². The number of aryl methyl sites for hydroxylation is 2. The van der Waals surface area contributed by atoms with Crippen molar-refractivity contribution in [2.24, 2.45) is 0 Å². The molecule has 0 saturated carbocycles. The lowest BCUT2D eigenvalue weighted by Crippen LogP contribution is -2.14. The Bertz CT molecular complexity index is 1380. The summed E-state index contributed by atoms with van der Waals surface area (Å²) < 4.78 is 0. The van der Waals surface area contributed by atoms with Gasteiger partial charge in [-0.3, -0.25) is 0 Å². The molecule has 5 rings (SSSR count). The smallest absolute Gasteiger partial charge is 0.0887 e. The molecule has 0 radical (unpaired) electrons. The molecule has 3 heteroatoms. The molecule has 0 unspecified atom stereocenters. The van der Waals surface area contributed by atoms with Gasteiger partial charge in [-0.1, -0.05) is 105 Å². The molecule has 0 saturated heterocycles. The zero-order chi connectivity index (χ0) is 28.4. The van der Waals surface area contributed by atoms with Crippen molar-refractivity contribution >= 4 is 45.7 Å². The maximum Gasteiger partial charge on any atom is 0.0887 e. The summed E-state index contributed by atoms with van der Waals surface area (Å²) in [5.41, 5.74) is 8.92. The van der Waals surface area contributed by atoms with Gasteiger partial charge in [-0.05, 0) is 97.5 Å². The van der Waals surface area contributed by atoms with Gasteiger partial charge in [0.25, 0.3) is 0 Å². The Morgan fingerprint density at radius 2 is 0.805 bits per heavy atom. The molecule has 0 bridgehead atoms. The summed E-state index contributed by atoms with van der Waals surface area (Å²) >= 11 is 7.41. The van der Waals surface area contributed by atoms with Crippen LogP contribution in [-0.4, -0.2) is 0 Å². The third kappa shape index (κ3) is 6.84. The Morgan fingerprint density at radius 3 is 1.17 bits per heavy atom. The van der Waals surface area contributed by atoms with Crippen molar-refractivity contribution in [1.82, 2.24) is 0 Å². The molecule has 0 aliphatic heterocycles. The van der Waals surface area contributed by atoms with Crippen LogP contribution >= 0.6 is 11.6 Å². The van der Waals surface area contributed by atoms with E-state index in [-0.39, 0.29) is 0 Å². The molecule has 0 fully saturated rings. The minimum atomic E-state index is 0.699. The highest BCUT2D eigenvalue weighted by atomic mass is 35.5. The van der Waals surface area contributed by atoms with Crippen LogP contribution in [0.3, 0.4) is 0 Å². The molecule has 0 heterocycles. The van der Waals surface area contributed by atoms with Gasteiger partial charge in [-0.25, -0.2) is 0 Å². The van der Waals surface area contributed by atoms with Crippen molar-refractivity contribution in [2.75, 3.05) is 9.80 Å². The van der Waals surface area contributed by atoms with Gasteiger partial charge in [0, 0.05) is 22.7 Å². The Hall–Kier alpha value is -4.01. The van der Waals surface area contributed by atoms with Crippen LogP contribution in [0.4, 0.5) is 34.1 Å². The maximum atomic E-state index is 7.41. The largest absolute Gasteiger partial charge is 0.309 e. The fourth-order valence-corrected chi connectivity index (χ4v) is 5.54. The second kappa shape index (κ2) is 14.1. The number of anilines is 6. The van der Waals surface area contributed by atoms with E-state index < -0.39 is 0 Å². The van der Waals surface area contributed by atoms with Crippen molar-refractivity contribution in [2.45, 2.75) is 52.4 Å². The first kappa shape index (κ1) is 28.5. The molecule has 0 atom stereocenters. The average Bonchev–Trinajstić information content (AvgIpc) is 3.03. The van der Waals surface area contributed by atoms with Crippen LogP contribution in [0.25, 0.3) is 0 Å². The van der Waals surface area contributed by atoms with E-state index in [9.17, 15) is 0 Å². The number of halogens is 1. The Labute approximate surface area is 250 Å². The minimum Gasteiger partial charge on any atom is -0.309 e. The Morgan fingerprint density at radius 1 is 0.439 bits per heavy atom. The number of rotatable bonds is 12. The molecule has 0 aromatic heterocycles. The lowest BCUT2D eigenvalue weighted by atomic mass is 10.1. The van der Waals surface area contributed by atoms with E-state index in [1.54, 1.807) is 0 Å². The van der Waals surface area contributed by atoms with Crippen LogP contribution in [0.15, 0.2) is 127 Å². The van der Waals surface area contributed by atoms with E-state index >= 15 is 0 Å². The molecule has 41 heavy (non-hydrogen) atoms. The molecular formula is C38H39ClN2. The van der Waals surface area contributed by atoms with Gasteiger partial charge in [-0.15, -0.1) is 0 Å². The minimum absolute atomic E-state index is 0.699. The topological polar surface area (TPSA) is 6.48 Å². The Balaban J connectivity index is 1.60. The lowest BCUT2D eigenvalue weighted by molar-refractivity contribution is 0.795. The van der Waals surface area contributed by atoms with Crippen LogP contribution in [-0.2, 0) is 12.8 Å². The summed E-state index contributed by atoms with van der Waals surface area (Å²) in [7, 11) is 0. The molecule has 5 aromatic carbocycles. The molecule has 2 nitrogen and oxygen atoms in total. The van der Waals surface area contributed by atoms with Gasteiger partial charge < -0.3 is 9.80 Å². The fourth-order valence-electron chi connectivity index (χ4n) is 5.25. The maximum absolute atomic E-state index is 7.41. The van der Waals surface area contributed by atoms with Crippen LogP contribution in [0.2, 0.25) is 5.02 Å². The number of hydrogen-bond acceptors (Lipinski definition) is 2. The molecular weight excluding hydrogens is 520 g/mol. The lowest BCUT2D eigenvalue weighted by Gasteiger charge is -2.31. The van der Waals surface area contributed by atoms with Crippen LogP contribution < -0.4 is 9.80 Å². The number of nitrogens with zero attached hydrogens (tertiary/aromatic N) is 2. The van der Waals surface area contributed by atoms with E-state index in [1.807, 2.05) is 0 Å². The monoisotopic (exact) mass is 558 g/mol. The second-order valence-corrected chi connectivity index (χ2v) is 10.9. The molecule has 0 aliphatic carbocycles. The standard InChI is InChI=1S/C38H39ClN2/c1-3-5-14-30-22-26-34(27-23-30)40(32-16-9-7-10-17-32)36-20-13-21-37(38(36)39)41(33-18-11-8-12-19-33)35-28-24-31(25-29-35)15-6-4-2/h7-13,16-29H,3-6,14-15H2,1-2H3. The summed E-state index contributed by atoms with van der Waals surface area (Å²) in [6.07, 6.45) is 6.98. The van der Waals surface area contributed by atoms with Gasteiger partial charge >= 0.3 is 0 Å². The highest BCUT2D eigenvalue weighted by Crippen LogP contribution is 2.46. The Kier molecular flexibility index (Phi) is 9.78. The number of unbranched alkanes of at least 4 members (excludes halogenated alkanes) is 2. The molecule has 208 valence electrons. The molecule has 0 amide bonds. The summed E-state index contributed by atoms with van der Waals surface area (Å²) in [5.74, 6) is 0. The second-order valence-electron chi connectivity index (χ2n) is 10.5. The summed E-state index contributed by atoms with van der Waals surface area (Å²) in [6, 6.07) is 45.1. The van der Waals surface area contributed by atoms with Crippen molar-refractivity contribution in [3.05, 3.63) is 144 Å². The van der Waals surface area contributed by atoms with Crippen LogP contribution in [0.5, 0.6) is 0 Å². The van der Waals surface area contributed by atoms with Crippen LogP contribution in [0, 0.1) is 0 Å². The van der Waals surface area contributed by atoms with E-state index in [2.05, 4.69) is 151 Å². The third-order valence-corrected chi connectivity index (χ3v) is 7.88. The zero-order valence-corrected chi connectivity index (χ0v) is 24.9. The van der Waals surface area contributed by atoms with E-state index in [0.717, 1.165) is 47.0 Å². The fraction of sp³-hybridized carbons (Fsp3) is 0.211. The SMILES string of the molecule is CCCCc1ccc(N(c2ccccc2)c2cccc(N(c3ccccc3)c3ccc(CCCC)cc3)c2Cl)cc1. The van der Waals surface area contributed by atoms with Gasteiger partial charge in [0.15, 0.2) is 0 Å². The van der Waals surface area contributed by atoms with Crippen molar-refractivity contribution in [1.29, 1.82) is 0 Å². The van der Waals surface area contributed by atoms with E-state index in [4.69, 9.17) is 11.6 Å². The van der Waals surface area contributed by atoms with Crippen LogP contribution in [0.1, 0.15) is 50.7 Å². The first-order valence-electron chi connectivity index (χ1n) is 14.9. The van der Waals surface area contributed by atoms with Gasteiger partial charge in [0.05, 0.1) is 16.4 Å². The molecule has 0 N–H and O–H groups in total. The number of para-hydroxylation sites is 2. The van der Waals surface area contributed by atoms with E-state index in [0.29, 0.717) is 5.02 Å². The first-order valence-corrected chi connectivity index (χ1v) is 15.2. The average molecular weight is 559 g/mol. The quantitative estimate of drug-likeness (QED) is 0.150. The molecule has 5 aromatic rings. The predicted molar refractivity (Wildman–Crippen MR) is 178 cm³/mol. The van der Waals surface area contributed by atoms with Gasteiger partial charge in [0.2, 0.25) is 0 Å². The molecule has 0 aliphatic rings. The summed E-state index contributed by atoms with van der Waals surface area (Å²) in [5, 5.41) is 0.699. The first-order chi connectivity index (χ1) is 20.2. The number of benzene rings is 5. The highest BCUT2D eigenvalue weighted by Gasteiger charge is 2.22. The van der Waals surface area contributed by atoms with Crippen molar-refractivity contribution < 1.29 is 0 Å². The zero-order valence-electron chi connectivity index (χ0n) is 24.1. The third-order valence-electron chi connectivity index (χ3n) is 7.50. The number of hydrogen-bond donors (Lipinski definition) is 0. The van der Waals surface area contributed by atoms with Gasteiger partial charge in [0.1, 0.15) is 0 Å². The van der Waals surface area contributed by atoms with E-state index in [1.165, 1.54) is 36.8 Å². The predicted octanol–water partition coefficient (Wildman–Crippen LogP) is 12.0. The molecule has 0 spiro atoms. The van der Waals surface area contributed by atoms with Crippen molar-refractivity contribution in [3.8, 4) is 0 Å². The summed E-state index contributed by atoms with van der Waals surface area (Å²) in [4.78, 5) is 4.51. The van der Waals surface area contributed by atoms with Gasteiger partial charge in [-0.2, -0.15) is 0 Å².